The van der Waals surface area contributed by atoms with Crippen LogP contribution in [-0.4, -0.2) is 46.9 Å². The van der Waals surface area contributed by atoms with Gasteiger partial charge in [0, 0.05) is 24.8 Å². The smallest absolute Gasteiger partial charge is 0.335 e. The lowest BCUT2D eigenvalue weighted by Gasteiger charge is -2.61. The van der Waals surface area contributed by atoms with Crippen molar-refractivity contribution < 1.29 is 29.1 Å². The van der Waals surface area contributed by atoms with Gasteiger partial charge in [-0.15, -0.1) is 0 Å². The molecule has 4 saturated heterocycles. The van der Waals surface area contributed by atoms with E-state index in [-0.39, 0.29) is 18.1 Å². The Kier molecular flexibility index (Phi) is 5.18. The Bertz CT molecular complexity index is 845. The number of hydrogen-bond acceptors (Lipinski definition) is 6. The number of benzene rings is 1. The molecule has 1 aliphatic carbocycles. The number of carbonyl (C=O) groups is 1. The van der Waals surface area contributed by atoms with E-state index in [1.54, 1.807) is 12.1 Å². The van der Waals surface area contributed by atoms with Crippen molar-refractivity contribution in [1.82, 2.24) is 4.90 Å². The maximum Gasteiger partial charge on any atom is 0.335 e. The minimum Gasteiger partial charge on any atom is -0.478 e. The fourth-order valence-corrected chi connectivity index (χ4v) is 6.52. The lowest BCUT2D eigenvalue weighted by molar-refractivity contribution is -0.574. The zero-order chi connectivity index (χ0) is 22.0. The van der Waals surface area contributed by atoms with Crippen LogP contribution in [0.4, 0.5) is 0 Å². The number of nitrogens with zero attached hydrogens (tertiary/aromatic N) is 1. The molecule has 1 aromatic rings. The van der Waals surface area contributed by atoms with Crippen molar-refractivity contribution in [2.45, 2.75) is 76.9 Å². The molecule has 4 heterocycles. The molecule has 1 saturated carbocycles. The Morgan fingerprint density at radius 3 is 2.58 bits per heavy atom. The summed E-state index contributed by atoms with van der Waals surface area (Å²) in [6.07, 6.45) is 3.50. The zero-order valence-corrected chi connectivity index (χ0v) is 18.7. The molecular formula is C24H33NO6. The highest BCUT2D eigenvalue weighted by atomic mass is 17.3. The van der Waals surface area contributed by atoms with Crippen molar-refractivity contribution in [2.75, 3.05) is 7.05 Å². The van der Waals surface area contributed by atoms with Crippen LogP contribution in [0.2, 0.25) is 0 Å². The Hall–Kier alpha value is -1.51. The minimum absolute atomic E-state index is 0.125. The van der Waals surface area contributed by atoms with Crippen LogP contribution in [0, 0.1) is 23.7 Å². The summed E-state index contributed by atoms with van der Waals surface area (Å²) < 4.78 is 13.1. The summed E-state index contributed by atoms with van der Waals surface area (Å²) in [6.45, 7) is 7.18. The molecule has 170 valence electrons. The highest BCUT2D eigenvalue weighted by molar-refractivity contribution is 5.87. The molecule has 5 fully saturated rings. The van der Waals surface area contributed by atoms with Crippen molar-refractivity contribution in [3.05, 3.63) is 35.4 Å². The average molecular weight is 432 g/mol. The Morgan fingerprint density at radius 1 is 1.13 bits per heavy atom. The highest BCUT2D eigenvalue weighted by Gasteiger charge is 2.69. The van der Waals surface area contributed by atoms with Gasteiger partial charge in [0.1, 0.15) is 6.23 Å². The molecule has 1 N–H and O–H groups in total. The predicted octanol–water partition coefficient (Wildman–Crippen LogP) is 4.02. The van der Waals surface area contributed by atoms with E-state index in [4.69, 9.17) is 24.4 Å². The summed E-state index contributed by atoms with van der Waals surface area (Å²) >= 11 is 0. The van der Waals surface area contributed by atoms with Crippen LogP contribution in [-0.2, 0) is 25.8 Å². The van der Waals surface area contributed by atoms with Gasteiger partial charge in [-0.25, -0.2) is 14.6 Å². The molecule has 0 radical (unpaired) electrons. The Morgan fingerprint density at radius 2 is 1.87 bits per heavy atom. The zero-order valence-electron chi connectivity index (χ0n) is 18.7. The van der Waals surface area contributed by atoms with Crippen LogP contribution >= 0.6 is 0 Å². The summed E-state index contributed by atoms with van der Waals surface area (Å²) in [6, 6.07) is 7.04. The number of ether oxygens (including phenoxy) is 2. The maximum absolute atomic E-state index is 11.1. The SMILES string of the molecule is C[C@H]1[C@H](N(C)Cc2ccc(C(=O)O)cc2)O[C@@H]2O[C@@]3(C)CC[C@H]4[C@H](C)CC[C@@H]1[C@@]24OO3. The van der Waals surface area contributed by atoms with Crippen molar-refractivity contribution in [3.63, 3.8) is 0 Å². The number of hydrogen-bond donors (Lipinski definition) is 1. The normalized spacial score (nSPS) is 44.0. The van der Waals surface area contributed by atoms with Crippen LogP contribution in [0.5, 0.6) is 0 Å². The topological polar surface area (TPSA) is 77.5 Å². The standard InChI is InChI=1S/C24H33NO6/c1-14-5-10-19-15(2)20(25(4)13-16-6-8-17(9-7-16)21(26)27)28-22-24(19)18(14)11-12-23(3,29-22)30-31-24/h6-9,14-15,18-20,22H,5,10-13H2,1-4H3,(H,26,27)/t14-,15-,18+,19+,20-,22-,23-,24-/m1/s1. The molecule has 31 heavy (non-hydrogen) atoms. The van der Waals surface area contributed by atoms with Crippen LogP contribution in [0.15, 0.2) is 24.3 Å². The van der Waals surface area contributed by atoms with E-state index in [0.29, 0.717) is 23.9 Å². The van der Waals surface area contributed by atoms with E-state index in [0.717, 1.165) is 24.8 Å². The van der Waals surface area contributed by atoms with Crippen LogP contribution in [0.25, 0.3) is 0 Å². The molecule has 1 spiro atoms. The third kappa shape index (κ3) is 3.33. The second-order valence-corrected chi connectivity index (χ2v) is 10.2. The van der Waals surface area contributed by atoms with Crippen LogP contribution in [0.1, 0.15) is 62.4 Å². The lowest BCUT2D eigenvalue weighted by atomic mass is 9.58. The summed E-state index contributed by atoms with van der Waals surface area (Å²) in [5.41, 5.74) is 0.799. The first-order chi connectivity index (χ1) is 14.7. The van der Waals surface area contributed by atoms with Crippen molar-refractivity contribution in [3.8, 4) is 0 Å². The second-order valence-electron chi connectivity index (χ2n) is 10.2. The van der Waals surface area contributed by atoms with Gasteiger partial charge >= 0.3 is 5.97 Å². The first-order valence-electron chi connectivity index (χ1n) is 11.5. The van der Waals surface area contributed by atoms with E-state index in [1.807, 2.05) is 19.1 Å². The van der Waals surface area contributed by atoms with E-state index in [2.05, 4.69) is 25.8 Å². The van der Waals surface area contributed by atoms with Gasteiger partial charge in [-0.05, 0) is 62.8 Å². The molecule has 0 aromatic heterocycles. The summed E-state index contributed by atoms with van der Waals surface area (Å²) in [5.74, 6) is -0.247. The molecule has 7 heteroatoms. The molecule has 8 atom stereocenters. The first kappa shape index (κ1) is 21.3. The van der Waals surface area contributed by atoms with Crippen LogP contribution < -0.4 is 0 Å². The van der Waals surface area contributed by atoms with Crippen molar-refractivity contribution >= 4 is 5.97 Å². The number of carboxylic acid groups (broad SMARTS) is 1. The van der Waals surface area contributed by atoms with Gasteiger partial charge in [-0.2, -0.15) is 0 Å². The van der Waals surface area contributed by atoms with Crippen molar-refractivity contribution in [2.24, 2.45) is 23.7 Å². The van der Waals surface area contributed by atoms with Gasteiger partial charge in [-0.3, -0.25) is 4.90 Å². The molecule has 2 bridgehead atoms. The fraction of sp³-hybridized carbons (Fsp3) is 0.708. The lowest BCUT2D eigenvalue weighted by Crippen LogP contribution is -2.71. The highest BCUT2D eigenvalue weighted by Crippen LogP contribution is 2.60. The maximum atomic E-state index is 11.1. The van der Waals surface area contributed by atoms with E-state index in [9.17, 15) is 4.79 Å². The molecule has 5 aliphatic rings. The van der Waals surface area contributed by atoms with Gasteiger partial charge < -0.3 is 14.6 Å². The molecule has 0 amide bonds. The number of fused-ring (bicyclic) bond motifs is 2. The average Bonchev–Trinajstić information content (AvgIpc) is 2.97. The largest absolute Gasteiger partial charge is 0.478 e. The summed E-state index contributed by atoms with van der Waals surface area (Å²) in [7, 11) is 2.06. The van der Waals surface area contributed by atoms with E-state index in [1.165, 1.54) is 6.42 Å². The monoisotopic (exact) mass is 431 g/mol. The third-order valence-corrected chi connectivity index (χ3v) is 8.19. The predicted molar refractivity (Wildman–Crippen MR) is 112 cm³/mol. The number of rotatable bonds is 4. The second kappa shape index (κ2) is 7.52. The van der Waals surface area contributed by atoms with Gasteiger partial charge in [0.2, 0.25) is 5.79 Å². The van der Waals surface area contributed by atoms with E-state index < -0.39 is 23.6 Å². The van der Waals surface area contributed by atoms with Gasteiger partial charge in [-0.1, -0.05) is 26.0 Å². The summed E-state index contributed by atoms with van der Waals surface area (Å²) in [4.78, 5) is 25.4. The number of carboxylic acids is 1. The molecule has 1 aromatic carbocycles. The number of aromatic carboxylic acids is 1. The van der Waals surface area contributed by atoms with Crippen LogP contribution in [0.3, 0.4) is 0 Å². The quantitative estimate of drug-likeness (QED) is 0.722. The molecule has 4 aliphatic heterocycles. The van der Waals surface area contributed by atoms with Gasteiger partial charge in [0.15, 0.2) is 11.9 Å². The Labute approximate surface area is 183 Å². The molecule has 6 rings (SSSR count). The summed E-state index contributed by atoms with van der Waals surface area (Å²) in [5, 5.41) is 9.14. The molecular weight excluding hydrogens is 398 g/mol. The Balaban J connectivity index is 1.41. The molecule has 7 nitrogen and oxygen atoms in total. The van der Waals surface area contributed by atoms with E-state index >= 15 is 0 Å². The van der Waals surface area contributed by atoms with Crippen molar-refractivity contribution in [1.29, 1.82) is 0 Å². The van der Waals surface area contributed by atoms with Gasteiger partial charge in [0.05, 0.1) is 5.56 Å². The fourth-order valence-electron chi connectivity index (χ4n) is 6.52. The first-order valence-corrected chi connectivity index (χ1v) is 11.5. The third-order valence-electron chi connectivity index (χ3n) is 8.19. The minimum atomic E-state index is -0.910. The molecule has 0 unspecified atom stereocenters. The van der Waals surface area contributed by atoms with Gasteiger partial charge in [0.25, 0.3) is 0 Å².